The lowest BCUT2D eigenvalue weighted by molar-refractivity contribution is 0.0648. The van der Waals surface area contributed by atoms with Crippen molar-refractivity contribution in [1.29, 1.82) is 0 Å². The minimum atomic E-state index is -0.597. The van der Waals surface area contributed by atoms with Gasteiger partial charge in [-0.3, -0.25) is 4.84 Å². The summed E-state index contributed by atoms with van der Waals surface area (Å²) >= 11 is 4.10. The normalized spacial score (nSPS) is 10.9. The van der Waals surface area contributed by atoms with Gasteiger partial charge in [-0.25, -0.2) is 33.9 Å². The first kappa shape index (κ1) is 31.6. The third-order valence-electron chi connectivity index (χ3n) is 6.42. The molecule has 6 aromatic rings. The fourth-order valence-corrected chi connectivity index (χ4v) is 5.25. The lowest BCUT2D eigenvalue weighted by Gasteiger charge is -2.22. The first-order valence-corrected chi connectivity index (χ1v) is 15.6. The molecule has 44 heavy (non-hydrogen) atoms. The van der Waals surface area contributed by atoms with Crippen molar-refractivity contribution in [3.63, 3.8) is 0 Å². The number of nitrogens with one attached hydrogen (secondary N) is 3. The topological polar surface area (TPSA) is 100 Å². The zero-order chi connectivity index (χ0) is 31.2. The smallest absolute Gasteiger partial charge is 0.339 e. The summed E-state index contributed by atoms with van der Waals surface area (Å²) in [4.78, 5) is 30.5. The molecule has 0 aliphatic carbocycles. The molecule has 0 fully saturated rings. The molecule has 3 N–H and O–H groups in total. The zero-order valence-corrected chi connectivity index (χ0v) is 27.9. The van der Waals surface area contributed by atoms with Crippen molar-refractivity contribution >= 4 is 96.3 Å². The fraction of sp³-hybridized carbons (Fsp3) is 0.129. The van der Waals surface area contributed by atoms with Gasteiger partial charge in [0.2, 0.25) is 0 Å². The largest absolute Gasteiger partial charge is 0.351 e. The molecule has 13 heteroatoms. The van der Waals surface area contributed by atoms with Crippen LogP contribution in [0.5, 0.6) is 0 Å². The molecule has 0 saturated heterocycles. The third-order valence-corrected chi connectivity index (χ3v) is 7.76. The molecule has 0 bridgehead atoms. The molecule has 4 heterocycles. The molecule has 4 aromatic heterocycles. The lowest BCUT2D eigenvalue weighted by Crippen LogP contribution is -2.37. The number of nitrogens with zero attached hydrogens (tertiary/aromatic N) is 4. The van der Waals surface area contributed by atoms with Gasteiger partial charge in [0.15, 0.2) is 0 Å². The second kappa shape index (κ2) is 14.3. The average Bonchev–Trinajstić information content (AvgIpc) is 3.57. The molecule has 0 unspecified atom stereocenters. The van der Waals surface area contributed by atoms with Gasteiger partial charge in [0.25, 0.3) is 0 Å². The molecule has 0 saturated carbocycles. The van der Waals surface area contributed by atoms with E-state index in [1.54, 1.807) is 42.7 Å². The van der Waals surface area contributed by atoms with Crippen LogP contribution >= 0.6 is 45.2 Å². The van der Waals surface area contributed by atoms with E-state index in [-0.39, 0.29) is 11.5 Å². The van der Waals surface area contributed by atoms with E-state index in [4.69, 9.17) is 4.84 Å². The number of hydroxylamine groups is 1. The average molecular weight is 821 g/mol. The van der Waals surface area contributed by atoms with Gasteiger partial charge in [-0.05, 0) is 124 Å². The number of carbonyl (C=O) groups is 1. The highest BCUT2D eigenvalue weighted by molar-refractivity contribution is 14.1. The summed E-state index contributed by atoms with van der Waals surface area (Å²) in [7, 11) is 1.91. The van der Waals surface area contributed by atoms with Gasteiger partial charge in [0.05, 0.1) is 18.0 Å². The molecule has 0 atom stereocenters. The van der Waals surface area contributed by atoms with Crippen molar-refractivity contribution in [3.05, 3.63) is 104 Å². The minimum Gasteiger partial charge on any atom is -0.339 e. The first-order chi connectivity index (χ1) is 21.2. The zero-order valence-electron chi connectivity index (χ0n) is 23.6. The van der Waals surface area contributed by atoms with Crippen molar-refractivity contribution in [2.45, 2.75) is 13.3 Å². The predicted octanol–water partition coefficient (Wildman–Crippen LogP) is 8.56. The number of pyridine rings is 2. The number of halogens is 4. The Hall–Kier alpha value is -3.83. The molecule has 0 radical (unpaired) electrons. The Labute approximate surface area is 279 Å². The molecular formula is C31H27F2I2N7O2. The molecule has 0 aliphatic rings. The van der Waals surface area contributed by atoms with E-state index in [1.807, 2.05) is 71.5 Å². The van der Waals surface area contributed by atoms with Crippen LogP contribution in [0.15, 0.2) is 85.2 Å². The van der Waals surface area contributed by atoms with Gasteiger partial charge < -0.3 is 14.9 Å². The molecule has 6 rings (SSSR count). The number of aromatic amines is 1. The van der Waals surface area contributed by atoms with Crippen LogP contribution in [0, 0.1) is 18.8 Å². The highest BCUT2D eigenvalue weighted by Crippen LogP contribution is 2.31. The SMILES string of the molecule is CCCONC(=O)N(c1cc2cccnc2[nH]1)c1ccc(I)cc1F.Cn1c(Nc2ccc(I)cc2F)cc2cccnc21. The van der Waals surface area contributed by atoms with Crippen LogP contribution < -0.4 is 15.7 Å². The molecule has 9 nitrogen and oxygen atoms in total. The van der Waals surface area contributed by atoms with Crippen LogP contribution in [0.4, 0.5) is 36.6 Å². The maximum Gasteiger partial charge on any atom is 0.351 e. The van der Waals surface area contributed by atoms with E-state index in [0.29, 0.717) is 23.8 Å². The Morgan fingerprint density at radius 3 is 2.34 bits per heavy atom. The van der Waals surface area contributed by atoms with Gasteiger partial charge in [-0.2, -0.15) is 0 Å². The number of hydrogen-bond acceptors (Lipinski definition) is 5. The Kier molecular flexibility index (Phi) is 10.3. The Bertz CT molecular complexity index is 1900. The lowest BCUT2D eigenvalue weighted by atomic mass is 10.2. The summed E-state index contributed by atoms with van der Waals surface area (Å²) in [6.45, 7) is 2.29. The standard InChI is InChI=1S/C17H16FIN4O2.C14H11FIN3/c1-2-8-25-22-17(24)23(14-6-5-12(19)10-13(14)18)15-9-11-4-3-7-20-16(11)21-15;1-19-13(7-9-3-2-6-17-14(9)19)18-12-5-4-10(16)8-11(12)15/h3-7,9-10H,2,8H2,1H3,(H,20,21)(H,22,24);2-8,18H,1H3. The van der Waals surface area contributed by atoms with E-state index in [2.05, 4.69) is 48.3 Å². The Balaban J connectivity index is 0.000000181. The van der Waals surface area contributed by atoms with Crippen molar-refractivity contribution < 1.29 is 18.4 Å². The summed E-state index contributed by atoms with van der Waals surface area (Å²) in [5.41, 5.74) is 4.40. The summed E-state index contributed by atoms with van der Waals surface area (Å²) in [6, 6.07) is 20.4. The number of carbonyl (C=O) groups excluding carboxylic acids is 1. The third kappa shape index (κ3) is 7.27. The molecule has 2 aromatic carbocycles. The number of aryl methyl sites for hydroxylation is 1. The number of benzene rings is 2. The number of amides is 2. The fourth-order valence-electron chi connectivity index (χ4n) is 4.34. The van der Waals surface area contributed by atoms with Crippen LogP contribution in [-0.4, -0.2) is 32.2 Å². The summed E-state index contributed by atoms with van der Waals surface area (Å²) in [5, 5.41) is 4.94. The van der Waals surface area contributed by atoms with Crippen LogP contribution in [0.2, 0.25) is 0 Å². The second-order valence-corrected chi connectivity index (χ2v) is 12.0. The van der Waals surface area contributed by atoms with Gasteiger partial charge in [0, 0.05) is 37.4 Å². The van der Waals surface area contributed by atoms with Crippen LogP contribution in [0.1, 0.15) is 13.3 Å². The van der Waals surface area contributed by atoms with Gasteiger partial charge in [-0.1, -0.05) is 6.92 Å². The summed E-state index contributed by atoms with van der Waals surface area (Å²) in [5.74, 6) is 0.439. The van der Waals surface area contributed by atoms with E-state index in [1.165, 1.54) is 17.0 Å². The van der Waals surface area contributed by atoms with Crippen molar-refractivity contribution in [2.24, 2.45) is 7.05 Å². The van der Waals surface area contributed by atoms with Crippen LogP contribution in [0.3, 0.4) is 0 Å². The molecule has 0 aliphatic heterocycles. The van der Waals surface area contributed by atoms with Crippen molar-refractivity contribution in [2.75, 3.05) is 16.8 Å². The number of H-pyrrole nitrogens is 1. The van der Waals surface area contributed by atoms with Crippen LogP contribution in [0.25, 0.3) is 22.1 Å². The molecule has 2 amide bonds. The Morgan fingerprint density at radius 2 is 1.66 bits per heavy atom. The van der Waals surface area contributed by atoms with E-state index in [0.717, 1.165) is 35.8 Å². The highest BCUT2D eigenvalue weighted by atomic mass is 127. The summed E-state index contributed by atoms with van der Waals surface area (Å²) < 4.78 is 31.8. The van der Waals surface area contributed by atoms with Crippen LogP contribution in [-0.2, 0) is 11.9 Å². The monoisotopic (exact) mass is 821 g/mol. The van der Waals surface area contributed by atoms with E-state index >= 15 is 0 Å². The number of anilines is 4. The predicted molar refractivity (Wildman–Crippen MR) is 185 cm³/mol. The number of rotatable bonds is 7. The number of hydrogen-bond donors (Lipinski definition) is 3. The maximum absolute atomic E-state index is 14.5. The maximum atomic E-state index is 14.5. The number of aromatic nitrogens is 4. The summed E-state index contributed by atoms with van der Waals surface area (Å²) in [6.07, 6.45) is 4.13. The molecule has 226 valence electrons. The van der Waals surface area contributed by atoms with E-state index < -0.39 is 11.8 Å². The second-order valence-electron chi connectivity index (χ2n) is 9.54. The molecular weight excluding hydrogens is 794 g/mol. The number of urea groups is 1. The van der Waals surface area contributed by atoms with Gasteiger partial charge >= 0.3 is 6.03 Å². The number of fused-ring (bicyclic) bond motifs is 2. The van der Waals surface area contributed by atoms with Gasteiger partial charge in [0.1, 0.15) is 34.6 Å². The molecule has 0 spiro atoms. The van der Waals surface area contributed by atoms with Crippen molar-refractivity contribution in [3.8, 4) is 0 Å². The first-order valence-electron chi connectivity index (χ1n) is 13.5. The van der Waals surface area contributed by atoms with Crippen molar-refractivity contribution in [1.82, 2.24) is 25.0 Å². The van der Waals surface area contributed by atoms with E-state index in [9.17, 15) is 13.6 Å². The minimum absolute atomic E-state index is 0.115. The Morgan fingerprint density at radius 1 is 0.955 bits per heavy atom. The van der Waals surface area contributed by atoms with Gasteiger partial charge in [-0.15, -0.1) is 0 Å². The quantitative estimate of drug-likeness (QED) is 0.0852. The highest BCUT2D eigenvalue weighted by Gasteiger charge is 2.23.